The van der Waals surface area contributed by atoms with Gasteiger partial charge in [0.15, 0.2) is 11.5 Å². The molecule has 2 aliphatic heterocycles. The number of nitrogens with one attached hydrogen (secondary N) is 1. The number of hydrogen-bond donors (Lipinski definition) is 1. The fourth-order valence-corrected chi connectivity index (χ4v) is 3.46. The van der Waals surface area contributed by atoms with Crippen LogP contribution in [0.4, 0.5) is 5.69 Å². The van der Waals surface area contributed by atoms with E-state index in [1.54, 1.807) is 12.3 Å². The zero-order chi connectivity index (χ0) is 19.3. The van der Waals surface area contributed by atoms with Gasteiger partial charge in [0.1, 0.15) is 5.69 Å². The van der Waals surface area contributed by atoms with Crippen molar-refractivity contribution in [3.05, 3.63) is 47.8 Å². The molecule has 0 saturated carbocycles. The van der Waals surface area contributed by atoms with Crippen molar-refractivity contribution in [3.63, 3.8) is 0 Å². The van der Waals surface area contributed by atoms with E-state index >= 15 is 0 Å². The van der Waals surface area contributed by atoms with Crippen LogP contribution < -0.4 is 14.8 Å². The first-order valence-corrected chi connectivity index (χ1v) is 9.83. The second-order valence-corrected chi connectivity index (χ2v) is 7.11. The number of benzene rings is 1. The number of ether oxygens (including phenoxy) is 2. The lowest BCUT2D eigenvalue weighted by Crippen LogP contribution is -2.48. The second-order valence-electron chi connectivity index (χ2n) is 7.11. The van der Waals surface area contributed by atoms with E-state index in [0.717, 1.165) is 49.8 Å². The maximum absolute atomic E-state index is 12.7. The van der Waals surface area contributed by atoms with E-state index in [4.69, 9.17) is 9.47 Å². The lowest BCUT2D eigenvalue weighted by molar-refractivity contribution is 0.0623. The molecule has 1 amide bonds. The van der Waals surface area contributed by atoms with Gasteiger partial charge in [0.2, 0.25) is 6.79 Å². The number of amides is 1. The monoisotopic (exact) mass is 382 g/mol. The van der Waals surface area contributed by atoms with Crippen molar-refractivity contribution in [3.8, 4) is 11.5 Å². The van der Waals surface area contributed by atoms with Crippen LogP contribution >= 0.6 is 0 Å². The van der Waals surface area contributed by atoms with Gasteiger partial charge in [0.25, 0.3) is 5.91 Å². The Hall–Kier alpha value is -2.80. The van der Waals surface area contributed by atoms with Crippen LogP contribution in [0.1, 0.15) is 29.4 Å². The lowest BCUT2D eigenvalue weighted by atomic mass is 10.1. The van der Waals surface area contributed by atoms with Crippen LogP contribution in [0, 0.1) is 0 Å². The molecule has 2 aromatic rings. The zero-order valence-corrected chi connectivity index (χ0v) is 16.2. The molecule has 0 radical (unpaired) electrons. The highest BCUT2D eigenvalue weighted by molar-refractivity contribution is 5.92. The van der Waals surface area contributed by atoms with Gasteiger partial charge in [-0.05, 0) is 36.2 Å². The minimum Gasteiger partial charge on any atom is -0.454 e. The standard InChI is InChI=1S/C21H26N4O3/c1-2-7-22-17-4-5-18(23-13-17)21(26)25-10-8-24(9-11-25)14-16-3-6-19-20(12-16)28-15-27-19/h3-6,12-13,22H,2,7-11,14-15H2,1H3. The molecule has 1 aromatic carbocycles. The summed E-state index contributed by atoms with van der Waals surface area (Å²) in [5.41, 5.74) is 2.65. The van der Waals surface area contributed by atoms with Crippen molar-refractivity contribution in [2.75, 3.05) is 44.8 Å². The molecule has 0 bridgehead atoms. The summed E-state index contributed by atoms with van der Waals surface area (Å²) in [5, 5.41) is 3.27. The summed E-state index contributed by atoms with van der Waals surface area (Å²) in [6.07, 6.45) is 2.79. The van der Waals surface area contributed by atoms with Gasteiger partial charge < -0.3 is 19.7 Å². The molecule has 0 spiro atoms. The minimum atomic E-state index is 0.00442. The van der Waals surface area contributed by atoms with Gasteiger partial charge in [0, 0.05) is 39.3 Å². The normalized spacial score (nSPS) is 16.2. The Balaban J connectivity index is 1.29. The molecule has 7 heteroatoms. The summed E-state index contributed by atoms with van der Waals surface area (Å²) < 4.78 is 10.8. The molecule has 0 atom stereocenters. The van der Waals surface area contributed by atoms with Gasteiger partial charge in [-0.3, -0.25) is 9.69 Å². The van der Waals surface area contributed by atoms with Gasteiger partial charge in [-0.15, -0.1) is 0 Å². The first kappa shape index (κ1) is 18.6. The van der Waals surface area contributed by atoms with Crippen LogP contribution in [0.3, 0.4) is 0 Å². The highest BCUT2D eigenvalue weighted by atomic mass is 16.7. The van der Waals surface area contributed by atoms with E-state index in [0.29, 0.717) is 25.6 Å². The predicted molar refractivity (Wildman–Crippen MR) is 107 cm³/mol. The third-order valence-corrected chi connectivity index (χ3v) is 5.06. The molecule has 0 unspecified atom stereocenters. The highest BCUT2D eigenvalue weighted by Gasteiger charge is 2.23. The van der Waals surface area contributed by atoms with Gasteiger partial charge in [0.05, 0.1) is 11.9 Å². The van der Waals surface area contributed by atoms with E-state index in [1.165, 1.54) is 5.56 Å². The van der Waals surface area contributed by atoms with Crippen LogP contribution in [0.5, 0.6) is 11.5 Å². The Morgan fingerprint density at radius 3 is 2.68 bits per heavy atom. The third kappa shape index (κ3) is 4.20. The Labute approximate surface area is 165 Å². The maximum Gasteiger partial charge on any atom is 0.272 e. The Morgan fingerprint density at radius 1 is 1.11 bits per heavy atom. The van der Waals surface area contributed by atoms with E-state index < -0.39 is 0 Å². The van der Waals surface area contributed by atoms with Crippen LogP contribution in [-0.4, -0.2) is 60.2 Å². The number of aromatic nitrogens is 1. The zero-order valence-electron chi connectivity index (χ0n) is 16.2. The van der Waals surface area contributed by atoms with Gasteiger partial charge in [-0.25, -0.2) is 4.98 Å². The van der Waals surface area contributed by atoms with Crippen molar-refractivity contribution in [2.45, 2.75) is 19.9 Å². The lowest BCUT2D eigenvalue weighted by Gasteiger charge is -2.34. The second kappa shape index (κ2) is 8.48. The largest absolute Gasteiger partial charge is 0.454 e. The fraction of sp³-hybridized carbons (Fsp3) is 0.429. The predicted octanol–water partition coefficient (Wildman–Crippen LogP) is 2.59. The number of pyridine rings is 1. The Morgan fingerprint density at radius 2 is 1.93 bits per heavy atom. The maximum atomic E-state index is 12.7. The number of hydrogen-bond acceptors (Lipinski definition) is 6. The molecule has 3 heterocycles. The molecule has 4 rings (SSSR count). The summed E-state index contributed by atoms with van der Waals surface area (Å²) in [5.74, 6) is 1.63. The quantitative estimate of drug-likeness (QED) is 0.828. The molecule has 28 heavy (non-hydrogen) atoms. The topological polar surface area (TPSA) is 66.9 Å². The first-order valence-electron chi connectivity index (χ1n) is 9.83. The Kier molecular flexibility index (Phi) is 5.62. The summed E-state index contributed by atoms with van der Waals surface area (Å²) in [6, 6.07) is 9.80. The first-order chi connectivity index (χ1) is 13.7. The third-order valence-electron chi connectivity index (χ3n) is 5.06. The number of fused-ring (bicyclic) bond motifs is 1. The van der Waals surface area contributed by atoms with Gasteiger partial charge in [-0.2, -0.15) is 0 Å². The fourth-order valence-electron chi connectivity index (χ4n) is 3.46. The van der Waals surface area contributed by atoms with Gasteiger partial charge in [-0.1, -0.05) is 13.0 Å². The van der Waals surface area contributed by atoms with E-state index in [-0.39, 0.29) is 5.91 Å². The molecule has 0 aliphatic carbocycles. The van der Waals surface area contributed by atoms with Crippen molar-refractivity contribution < 1.29 is 14.3 Å². The summed E-state index contributed by atoms with van der Waals surface area (Å²) >= 11 is 0. The summed E-state index contributed by atoms with van der Waals surface area (Å²) in [7, 11) is 0. The average Bonchev–Trinajstić information content (AvgIpc) is 3.20. The molecular weight excluding hydrogens is 356 g/mol. The van der Waals surface area contributed by atoms with Crippen LogP contribution in [0.25, 0.3) is 0 Å². The van der Waals surface area contributed by atoms with Crippen molar-refractivity contribution in [1.29, 1.82) is 0 Å². The summed E-state index contributed by atoms with van der Waals surface area (Å²) in [6.45, 7) is 7.26. The molecule has 1 N–H and O–H groups in total. The number of anilines is 1. The van der Waals surface area contributed by atoms with E-state index in [9.17, 15) is 4.79 Å². The molecule has 1 aromatic heterocycles. The highest BCUT2D eigenvalue weighted by Crippen LogP contribution is 2.32. The SMILES string of the molecule is CCCNc1ccc(C(=O)N2CCN(Cc3ccc4c(c3)OCO4)CC2)nc1. The number of carbonyl (C=O) groups is 1. The van der Waals surface area contributed by atoms with Crippen LogP contribution in [-0.2, 0) is 6.54 Å². The Bertz CT molecular complexity index is 817. The van der Waals surface area contributed by atoms with Crippen molar-refractivity contribution >= 4 is 11.6 Å². The number of rotatable bonds is 6. The van der Waals surface area contributed by atoms with Crippen molar-refractivity contribution in [2.24, 2.45) is 0 Å². The van der Waals surface area contributed by atoms with E-state index in [2.05, 4.69) is 28.2 Å². The number of piperazine rings is 1. The average molecular weight is 382 g/mol. The van der Waals surface area contributed by atoms with Crippen LogP contribution in [0.2, 0.25) is 0 Å². The molecule has 1 fully saturated rings. The van der Waals surface area contributed by atoms with E-state index in [1.807, 2.05) is 23.1 Å². The van der Waals surface area contributed by atoms with Gasteiger partial charge >= 0.3 is 0 Å². The molecular formula is C21H26N4O3. The number of carbonyl (C=O) groups excluding carboxylic acids is 1. The molecule has 148 valence electrons. The molecule has 2 aliphatic rings. The smallest absolute Gasteiger partial charge is 0.272 e. The molecule has 1 saturated heterocycles. The van der Waals surface area contributed by atoms with Crippen molar-refractivity contribution in [1.82, 2.24) is 14.8 Å². The molecule has 7 nitrogen and oxygen atoms in total. The number of nitrogens with zero attached hydrogens (tertiary/aromatic N) is 3. The van der Waals surface area contributed by atoms with Crippen LogP contribution in [0.15, 0.2) is 36.5 Å². The minimum absolute atomic E-state index is 0.00442. The summed E-state index contributed by atoms with van der Waals surface area (Å²) in [4.78, 5) is 21.3.